The van der Waals surface area contributed by atoms with Gasteiger partial charge in [0.05, 0.1) is 0 Å². The summed E-state index contributed by atoms with van der Waals surface area (Å²) in [7, 11) is -1.51. The molecule has 5 heteroatoms. The second kappa shape index (κ2) is 2.87. The van der Waals surface area contributed by atoms with Crippen LogP contribution in [0.15, 0.2) is 22.6 Å². The third-order valence-corrected chi connectivity index (χ3v) is 1.84. The van der Waals surface area contributed by atoms with Gasteiger partial charge in [-0.15, -0.1) is 0 Å². The molecule has 0 atom stereocenters. The SMILES string of the molecule is Cc1nc2c(B(O)O)cccc2o1. The van der Waals surface area contributed by atoms with Crippen LogP contribution in [-0.4, -0.2) is 22.2 Å². The van der Waals surface area contributed by atoms with Crippen molar-refractivity contribution in [3.63, 3.8) is 0 Å². The Balaban J connectivity index is 2.75. The second-order valence-corrected chi connectivity index (χ2v) is 2.80. The van der Waals surface area contributed by atoms with Gasteiger partial charge in [0.1, 0.15) is 5.52 Å². The molecular weight excluding hydrogens is 169 g/mol. The summed E-state index contributed by atoms with van der Waals surface area (Å²) in [5.74, 6) is 0.517. The monoisotopic (exact) mass is 177 g/mol. The maximum Gasteiger partial charge on any atom is 0.490 e. The van der Waals surface area contributed by atoms with E-state index in [-0.39, 0.29) is 0 Å². The molecule has 0 amide bonds. The van der Waals surface area contributed by atoms with Crippen molar-refractivity contribution in [2.75, 3.05) is 0 Å². The van der Waals surface area contributed by atoms with Crippen molar-refractivity contribution in [1.82, 2.24) is 4.98 Å². The predicted molar refractivity (Wildman–Crippen MR) is 48.6 cm³/mol. The molecule has 0 bridgehead atoms. The summed E-state index contributed by atoms with van der Waals surface area (Å²) in [6, 6.07) is 5.04. The van der Waals surface area contributed by atoms with Crippen LogP contribution in [0.25, 0.3) is 11.1 Å². The van der Waals surface area contributed by atoms with Crippen molar-refractivity contribution < 1.29 is 14.5 Å². The van der Waals surface area contributed by atoms with E-state index in [9.17, 15) is 0 Å². The van der Waals surface area contributed by atoms with Crippen LogP contribution in [0.2, 0.25) is 0 Å². The first-order chi connectivity index (χ1) is 6.18. The van der Waals surface area contributed by atoms with Crippen LogP contribution < -0.4 is 5.46 Å². The summed E-state index contributed by atoms with van der Waals surface area (Å²) < 4.78 is 5.23. The Morgan fingerprint density at radius 2 is 2.15 bits per heavy atom. The van der Waals surface area contributed by atoms with E-state index in [1.807, 2.05) is 0 Å². The molecule has 0 aliphatic rings. The lowest BCUT2D eigenvalue weighted by atomic mass is 9.79. The highest BCUT2D eigenvalue weighted by atomic mass is 16.4. The first-order valence-electron chi connectivity index (χ1n) is 3.90. The first kappa shape index (κ1) is 8.28. The number of rotatable bonds is 1. The average molecular weight is 177 g/mol. The van der Waals surface area contributed by atoms with Gasteiger partial charge in [-0.2, -0.15) is 0 Å². The van der Waals surface area contributed by atoms with Crippen LogP contribution in [0.1, 0.15) is 5.89 Å². The number of hydrogen-bond acceptors (Lipinski definition) is 4. The van der Waals surface area contributed by atoms with Crippen LogP contribution in [0.5, 0.6) is 0 Å². The van der Waals surface area contributed by atoms with Crippen LogP contribution in [0.4, 0.5) is 0 Å². The number of fused-ring (bicyclic) bond motifs is 1. The van der Waals surface area contributed by atoms with Gasteiger partial charge < -0.3 is 14.5 Å². The fourth-order valence-corrected chi connectivity index (χ4v) is 1.29. The zero-order chi connectivity index (χ0) is 9.42. The molecule has 0 radical (unpaired) electrons. The summed E-state index contributed by atoms with van der Waals surface area (Å²) in [4.78, 5) is 4.05. The lowest BCUT2D eigenvalue weighted by molar-refractivity contribution is 0.426. The highest BCUT2D eigenvalue weighted by molar-refractivity contribution is 6.61. The molecule has 1 aromatic carbocycles. The minimum atomic E-state index is -1.51. The second-order valence-electron chi connectivity index (χ2n) is 2.80. The minimum absolute atomic E-state index is 0.370. The van der Waals surface area contributed by atoms with Gasteiger partial charge in [0.25, 0.3) is 0 Å². The number of hydrogen-bond donors (Lipinski definition) is 2. The predicted octanol–water partition coefficient (Wildman–Crippen LogP) is -0.184. The zero-order valence-electron chi connectivity index (χ0n) is 7.06. The third kappa shape index (κ3) is 1.32. The van der Waals surface area contributed by atoms with E-state index in [2.05, 4.69) is 4.98 Å². The highest BCUT2D eigenvalue weighted by Crippen LogP contribution is 2.12. The van der Waals surface area contributed by atoms with E-state index in [0.717, 1.165) is 0 Å². The Kier molecular flexibility index (Phi) is 1.83. The maximum atomic E-state index is 9.00. The van der Waals surface area contributed by atoms with Crippen molar-refractivity contribution in [2.45, 2.75) is 6.92 Å². The standard InChI is InChI=1S/C8H8BNO3/c1-5-10-8-6(9(11)12)3-2-4-7(8)13-5/h2-4,11-12H,1H3. The normalized spacial score (nSPS) is 10.7. The van der Waals surface area contributed by atoms with Crippen molar-refractivity contribution in [1.29, 1.82) is 0 Å². The highest BCUT2D eigenvalue weighted by Gasteiger charge is 2.17. The summed E-state index contributed by atoms with van der Waals surface area (Å²) in [5, 5.41) is 18.0. The van der Waals surface area contributed by atoms with Gasteiger partial charge in [-0.05, 0) is 6.07 Å². The molecule has 4 nitrogen and oxygen atoms in total. The van der Waals surface area contributed by atoms with Gasteiger partial charge in [-0.1, -0.05) is 12.1 Å². The van der Waals surface area contributed by atoms with Crippen LogP contribution in [0, 0.1) is 6.92 Å². The molecule has 0 spiro atoms. The molecule has 0 saturated heterocycles. The van der Waals surface area contributed by atoms with Crippen LogP contribution in [-0.2, 0) is 0 Å². The maximum absolute atomic E-state index is 9.00. The number of aromatic nitrogens is 1. The number of aryl methyl sites for hydroxylation is 1. The van der Waals surface area contributed by atoms with Crippen molar-refractivity contribution in [3.05, 3.63) is 24.1 Å². The fourth-order valence-electron chi connectivity index (χ4n) is 1.29. The molecule has 2 rings (SSSR count). The number of nitrogens with zero attached hydrogens (tertiary/aromatic N) is 1. The lowest BCUT2D eigenvalue weighted by Gasteiger charge is -1.97. The Labute approximate surface area is 75.0 Å². The minimum Gasteiger partial charge on any atom is -0.441 e. The van der Waals surface area contributed by atoms with Crippen LogP contribution >= 0.6 is 0 Å². The van der Waals surface area contributed by atoms with Gasteiger partial charge in [-0.3, -0.25) is 0 Å². The van der Waals surface area contributed by atoms with E-state index >= 15 is 0 Å². The molecule has 66 valence electrons. The van der Waals surface area contributed by atoms with Crippen LogP contribution in [0.3, 0.4) is 0 Å². The van der Waals surface area contributed by atoms with E-state index in [1.165, 1.54) is 0 Å². The van der Waals surface area contributed by atoms with E-state index < -0.39 is 7.12 Å². The third-order valence-electron chi connectivity index (χ3n) is 1.84. The molecule has 0 aliphatic heterocycles. The fraction of sp³-hybridized carbons (Fsp3) is 0.125. The Morgan fingerprint density at radius 1 is 1.38 bits per heavy atom. The number of oxazole rings is 1. The van der Waals surface area contributed by atoms with E-state index in [0.29, 0.717) is 22.5 Å². The summed E-state index contributed by atoms with van der Waals surface area (Å²) in [6.07, 6.45) is 0. The zero-order valence-corrected chi connectivity index (χ0v) is 7.06. The molecule has 1 heterocycles. The summed E-state index contributed by atoms with van der Waals surface area (Å²) in [6.45, 7) is 1.72. The Hall–Kier alpha value is -1.33. The summed E-state index contributed by atoms with van der Waals surface area (Å²) in [5.41, 5.74) is 1.45. The summed E-state index contributed by atoms with van der Waals surface area (Å²) >= 11 is 0. The molecule has 2 N–H and O–H groups in total. The lowest BCUT2D eigenvalue weighted by Crippen LogP contribution is -2.30. The first-order valence-corrected chi connectivity index (χ1v) is 3.90. The molecule has 1 aromatic heterocycles. The quantitative estimate of drug-likeness (QED) is 0.592. The Morgan fingerprint density at radius 3 is 2.85 bits per heavy atom. The van der Waals surface area contributed by atoms with E-state index in [1.54, 1.807) is 25.1 Å². The molecule has 0 saturated carbocycles. The van der Waals surface area contributed by atoms with Gasteiger partial charge in [0, 0.05) is 12.4 Å². The van der Waals surface area contributed by atoms with Gasteiger partial charge in [0.2, 0.25) is 0 Å². The largest absolute Gasteiger partial charge is 0.490 e. The van der Waals surface area contributed by atoms with Crippen molar-refractivity contribution in [3.8, 4) is 0 Å². The van der Waals surface area contributed by atoms with E-state index in [4.69, 9.17) is 14.5 Å². The smallest absolute Gasteiger partial charge is 0.441 e. The molecule has 13 heavy (non-hydrogen) atoms. The molecule has 0 fully saturated rings. The van der Waals surface area contributed by atoms with Crippen molar-refractivity contribution in [2.24, 2.45) is 0 Å². The average Bonchev–Trinajstić information content (AvgIpc) is 2.43. The van der Waals surface area contributed by atoms with Gasteiger partial charge >= 0.3 is 7.12 Å². The molecular formula is C8H8BNO3. The Bertz CT molecular complexity index is 438. The molecule has 2 aromatic rings. The van der Waals surface area contributed by atoms with Gasteiger partial charge in [-0.25, -0.2) is 4.98 Å². The van der Waals surface area contributed by atoms with Gasteiger partial charge in [0.15, 0.2) is 11.5 Å². The molecule has 0 aliphatic carbocycles. The number of para-hydroxylation sites is 1. The van der Waals surface area contributed by atoms with Crippen molar-refractivity contribution >= 4 is 23.7 Å². The molecule has 0 unspecified atom stereocenters. The number of benzene rings is 1. The topological polar surface area (TPSA) is 66.5 Å².